The van der Waals surface area contributed by atoms with Gasteiger partial charge >= 0.3 is 0 Å². The Labute approximate surface area is 125 Å². The van der Waals surface area contributed by atoms with Crippen molar-refractivity contribution in [3.63, 3.8) is 0 Å². The van der Waals surface area contributed by atoms with Crippen LogP contribution in [0.5, 0.6) is 0 Å². The SMILES string of the molecule is CCn1cc(-c2ccnc(N3CCCCC3CN)n2)cn1. The molecule has 112 valence electrons. The number of anilines is 1. The van der Waals surface area contributed by atoms with E-state index >= 15 is 0 Å². The zero-order valence-electron chi connectivity index (χ0n) is 12.4. The number of hydrogen-bond acceptors (Lipinski definition) is 5. The Balaban J connectivity index is 1.88. The lowest BCUT2D eigenvalue weighted by Crippen LogP contribution is -2.45. The predicted octanol–water partition coefficient (Wildman–Crippen LogP) is 1.68. The monoisotopic (exact) mass is 286 g/mol. The lowest BCUT2D eigenvalue weighted by molar-refractivity contribution is 0.458. The van der Waals surface area contributed by atoms with Crippen molar-refractivity contribution in [2.75, 3.05) is 18.0 Å². The normalized spacial score (nSPS) is 19.0. The van der Waals surface area contributed by atoms with Gasteiger partial charge in [0.2, 0.25) is 5.95 Å². The summed E-state index contributed by atoms with van der Waals surface area (Å²) in [4.78, 5) is 11.4. The summed E-state index contributed by atoms with van der Waals surface area (Å²) in [7, 11) is 0. The molecular weight excluding hydrogens is 264 g/mol. The van der Waals surface area contributed by atoms with Crippen LogP contribution in [0.2, 0.25) is 0 Å². The van der Waals surface area contributed by atoms with E-state index in [4.69, 9.17) is 10.7 Å². The molecule has 2 aromatic heterocycles. The van der Waals surface area contributed by atoms with Gasteiger partial charge in [0.1, 0.15) is 0 Å². The summed E-state index contributed by atoms with van der Waals surface area (Å²) in [5.74, 6) is 0.784. The minimum atomic E-state index is 0.354. The Morgan fingerprint density at radius 3 is 3.05 bits per heavy atom. The van der Waals surface area contributed by atoms with Crippen LogP contribution in [-0.4, -0.2) is 38.9 Å². The van der Waals surface area contributed by atoms with Crippen molar-refractivity contribution < 1.29 is 0 Å². The highest BCUT2D eigenvalue weighted by Gasteiger charge is 2.23. The van der Waals surface area contributed by atoms with Gasteiger partial charge in [0.25, 0.3) is 0 Å². The molecule has 0 aliphatic carbocycles. The summed E-state index contributed by atoms with van der Waals surface area (Å²) >= 11 is 0. The fraction of sp³-hybridized carbons (Fsp3) is 0.533. The van der Waals surface area contributed by atoms with Gasteiger partial charge in [0.15, 0.2) is 0 Å². The van der Waals surface area contributed by atoms with Crippen molar-refractivity contribution in [1.29, 1.82) is 0 Å². The quantitative estimate of drug-likeness (QED) is 0.925. The molecule has 1 aliphatic rings. The first-order chi connectivity index (χ1) is 10.3. The summed E-state index contributed by atoms with van der Waals surface area (Å²) < 4.78 is 1.90. The molecule has 0 bridgehead atoms. The summed E-state index contributed by atoms with van der Waals surface area (Å²) in [5.41, 5.74) is 7.84. The number of piperidine rings is 1. The lowest BCUT2D eigenvalue weighted by Gasteiger charge is -2.35. The van der Waals surface area contributed by atoms with Gasteiger partial charge in [-0.25, -0.2) is 9.97 Å². The average Bonchev–Trinajstić information content (AvgIpc) is 3.04. The van der Waals surface area contributed by atoms with E-state index in [1.807, 2.05) is 29.3 Å². The largest absolute Gasteiger partial charge is 0.337 e. The Hall–Kier alpha value is -1.95. The van der Waals surface area contributed by atoms with Gasteiger partial charge < -0.3 is 10.6 Å². The van der Waals surface area contributed by atoms with Crippen LogP contribution in [0.1, 0.15) is 26.2 Å². The van der Waals surface area contributed by atoms with E-state index < -0.39 is 0 Å². The molecule has 2 N–H and O–H groups in total. The van der Waals surface area contributed by atoms with E-state index in [1.54, 1.807) is 0 Å². The number of nitrogens with zero attached hydrogens (tertiary/aromatic N) is 5. The van der Waals surface area contributed by atoms with Crippen LogP contribution in [0.15, 0.2) is 24.7 Å². The summed E-state index contributed by atoms with van der Waals surface area (Å²) in [6, 6.07) is 2.29. The van der Waals surface area contributed by atoms with Crippen molar-refractivity contribution in [1.82, 2.24) is 19.7 Å². The van der Waals surface area contributed by atoms with E-state index in [9.17, 15) is 0 Å². The second-order valence-corrected chi connectivity index (χ2v) is 5.41. The van der Waals surface area contributed by atoms with Gasteiger partial charge in [-0.2, -0.15) is 5.10 Å². The van der Waals surface area contributed by atoms with Crippen molar-refractivity contribution in [2.24, 2.45) is 5.73 Å². The first-order valence-electron chi connectivity index (χ1n) is 7.64. The standard InChI is InChI=1S/C15H22N6/c1-2-20-11-12(10-18-20)14-6-7-17-15(19-14)21-8-4-3-5-13(21)9-16/h6-7,10-11,13H,2-5,8-9,16H2,1H3. The van der Waals surface area contributed by atoms with Crippen LogP contribution in [0.4, 0.5) is 5.95 Å². The van der Waals surface area contributed by atoms with Gasteiger partial charge in [-0.3, -0.25) is 4.68 Å². The number of nitrogens with two attached hydrogens (primary N) is 1. The smallest absolute Gasteiger partial charge is 0.226 e. The van der Waals surface area contributed by atoms with Crippen molar-refractivity contribution in [3.05, 3.63) is 24.7 Å². The Morgan fingerprint density at radius 1 is 1.38 bits per heavy atom. The third-order valence-electron chi connectivity index (χ3n) is 4.05. The highest BCUT2D eigenvalue weighted by molar-refractivity contribution is 5.58. The molecular formula is C15H22N6. The first-order valence-corrected chi connectivity index (χ1v) is 7.64. The Kier molecular flexibility index (Phi) is 4.15. The number of aromatic nitrogens is 4. The van der Waals surface area contributed by atoms with Crippen LogP contribution < -0.4 is 10.6 Å². The van der Waals surface area contributed by atoms with Gasteiger partial charge in [0, 0.05) is 43.6 Å². The van der Waals surface area contributed by atoms with Crippen molar-refractivity contribution >= 4 is 5.95 Å². The summed E-state index contributed by atoms with van der Waals surface area (Å²) in [5, 5.41) is 4.31. The molecule has 3 heterocycles. The molecule has 1 aliphatic heterocycles. The second kappa shape index (κ2) is 6.22. The van der Waals surface area contributed by atoms with Gasteiger partial charge in [0.05, 0.1) is 11.9 Å². The molecule has 0 aromatic carbocycles. The molecule has 1 unspecified atom stereocenters. The Morgan fingerprint density at radius 2 is 2.29 bits per heavy atom. The number of hydrogen-bond donors (Lipinski definition) is 1. The van der Waals surface area contributed by atoms with Gasteiger partial charge in [-0.05, 0) is 32.3 Å². The molecule has 0 spiro atoms. The van der Waals surface area contributed by atoms with E-state index in [0.29, 0.717) is 12.6 Å². The molecule has 0 amide bonds. The van der Waals surface area contributed by atoms with Gasteiger partial charge in [-0.1, -0.05) is 0 Å². The first kappa shape index (κ1) is 14.0. The lowest BCUT2D eigenvalue weighted by atomic mass is 10.0. The number of aryl methyl sites for hydroxylation is 1. The third-order valence-corrected chi connectivity index (χ3v) is 4.05. The highest BCUT2D eigenvalue weighted by Crippen LogP contribution is 2.23. The molecule has 3 rings (SSSR count). The maximum Gasteiger partial charge on any atom is 0.226 e. The summed E-state index contributed by atoms with van der Waals surface area (Å²) in [6.07, 6.45) is 9.23. The molecule has 0 radical (unpaired) electrons. The molecule has 6 heteroatoms. The fourth-order valence-corrected chi connectivity index (χ4v) is 2.83. The maximum absolute atomic E-state index is 5.89. The van der Waals surface area contributed by atoms with Crippen LogP contribution in [0.3, 0.4) is 0 Å². The molecule has 1 fully saturated rings. The van der Waals surface area contributed by atoms with E-state index in [0.717, 1.165) is 36.7 Å². The summed E-state index contributed by atoms with van der Waals surface area (Å²) in [6.45, 7) is 4.57. The second-order valence-electron chi connectivity index (χ2n) is 5.41. The molecule has 1 saturated heterocycles. The Bertz CT molecular complexity index is 593. The minimum Gasteiger partial charge on any atom is -0.337 e. The molecule has 1 atom stereocenters. The average molecular weight is 286 g/mol. The maximum atomic E-state index is 5.89. The van der Waals surface area contributed by atoms with Crippen LogP contribution >= 0.6 is 0 Å². The van der Waals surface area contributed by atoms with Crippen LogP contribution in [0.25, 0.3) is 11.3 Å². The molecule has 0 saturated carbocycles. The van der Waals surface area contributed by atoms with E-state index in [2.05, 4.69) is 21.9 Å². The van der Waals surface area contributed by atoms with E-state index in [1.165, 1.54) is 12.8 Å². The van der Waals surface area contributed by atoms with Crippen LogP contribution in [0, 0.1) is 0 Å². The fourth-order valence-electron chi connectivity index (χ4n) is 2.83. The zero-order chi connectivity index (χ0) is 14.7. The molecule has 2 aromatic rings. The van der Waals surface area contributed by atoms with Crippen molar-refractivity contribution in [3.8, 4) is 11.3 Å². The topological polar surface area (TPSA) is 72.9 Å². The molecule has 21 heavy (non-hydrogen) atoms. The third kappa shape index (κ3) is 2.90. The number of rotatable bonds is 4. The predicted molar refractivity (Wildman–Crippen MR) is 83.0 cm³/mol. The minimum absolute atomic E-state index is 0.354. The van der Waals surface area contributed by atoms with Crippen LogP contribution in [-0.2, 0) is 6.54 Å². The highest BCUT2D eigenvalue weighted by atomic mass is 15.3. The van der Waals surface area contributed by atoms with Crippen molar-refractivity contribution in [2.45, 2.75) is 38.8 Å². The van der Waals surface area contributed by atoms with Gasteiger partial charge in [-0.15, -0.1) is 0 Å². The van der Waals surface area contributed by atoms with E-state index in [-0.39, 0.29) is 0 Å². The zero-order valence-corrected chi connectivity index (χ0v) is 12.4. The molecule has 6 nitrogen and oxygen atoms in total.